The predicted molar refractivity (Wildman–Crippen MR) is 122 cm³/mol. The molecule has 0 N–H and O–H groups in total. The topological polar surface area (TPSA) is 52.4 Å². The summed E-state index contributed by atoms with van der Waals surface area (Å²) in [4.78, 5) is 7.50. The molecule has 2 aromatic heterocycles. The Morgan fingerprint density at radius 2 is 1.97 bits per heavy atom. The molecule has 6 nitrogen and oxygen atoms in total. The molecule has 0 unspecified atom stereocenters. The van der Waals surface area contributed by atoms with E-state index in [0.29, 0.717) is 19.3 Å². The Bertz CT molecular complexity index is 1210. The molecule has 1 fully saturated rings. The van der Waals surface area contributed by atoms with Gasteiger partial charge in [-0.05, 0) is 49.7 Å². The molecule has 4 heterocycles. The second kappa shape index (κ2) is 7.66. The zero-order valence-electron chi connectivity index (χ0n) is 17.5. The molecule has 2 aromatic carbocycles. The maximum absolute atomic E-state index is 5.79. The maximum Gasteiger partial charge on any atom is 0.162 e. The van der Waals surface area contributed by atoms with Gasteiger partial charge >= 0.3 is 0 Å². The number of rotatable bonds is 4. The molecule has 2 aliphatic heterocycles. The quantitative estimate of drug-likeness (QED) is 0.463. The summed E-state index contributed by atoms with van der Waals surface area (Å²) in [5.74, 6) is 1.61. The van der Waals surface area contributed by atoms with E-state index < -0.39 is 0 Å². The molecule has 0 radical (unpaired) electrons. The fourth-order valence-electron chi connectivity index (χ4n) is 4.63. The number of nitrogens with zero attached hydrogens (tertiary/aromatic N) is 4. The van der Waals surface area contributed by atoms with E-state index in [4.69, 9.17) is 19.6 Å². The molecule has 6 rings (SSSR count). The summed E-state index contributed by atoms with van der Waals surface area (Å²) in [5.41, 5.74) is 4.41. The van der Waals surface area contributed by atoms with Crippen molar-refractivity contribution in [3.63, 3.8) is 0 Å². The van der Waals surface area contributed by atoms with Gasteiger partial charge in [-0.3, -0.25) is 9.58 Å². The highest BCUT2D eigenvalue weighted by Gasteiger charge is 2.30. The van der Waals surface area contributed by atoms with Gasteiger partial charge in [0.1, 0.15) is 18.2 Å². The van der Waals surface area contributed by atoms with Crippen LogP contribution in [-0.2, 0) is 13.6 Å². The highest BCUT2D eigenvalue weighted by atomic mass is 32.1. The molecule has 2 aliphatic rings. The van der Waals surface area contributed by atoms with Crippen molar-refractivity contribution < 1.29 is 9.47 Å². The van der Waals surface area contributed by atoms with Crippen molar-refractivity contribution in [2.75, 3.05) is 19.8 Å². The van der Waals surface area contributed by atoms with E-state index in [1.165, 1.54) is 21.7 Å². The number of aromatic nitrogens is 3. The van der Waals surface area contributed by atoms with E-state index in [1.54, 1.807) is 0 Å². The summed E-state index contributed by atoms with van der Waals surface area (Å²) in [5, 5.41) is 6.01. The van der Waals surface area contributed by atoms with Gasteiger partial charge in [0.15, 0.2) is 11.5 Å². The summed E-state index contributed by atoms with van der Waals surface area (Å²) in [7, 11) is 1.99. The monoisotopic (exact) mass is 432 g/mol. The number of hydrogen-bond donors (Lipinski definition) is 0. The third kappa shape index (κ3) is 3.47. The van der Waals surface area contributed by atoms with Crippen LogP contribution in [0.4, 0.5) is 0 Å². The number of ether oxygens (including phenoxy) is 2. The molecule has 0 saturated carbocycles. The molecule has 0 amide bonds. The summed E-state index contributed by atoms with van der Waals surface area (Å²) in [6, 6.07) is 14.9. The lowest BCUT2D eigenvalue weighted by Crippen LogP contribution is -2.22. The van der Waals surface area contributed by atoms with Gasteiger partial charge in [-0.25, -0.2) is 4.98 Å². The van der Waals surface area contributed by atoms with Crippen LogP contribution >= 0.6 is 11.3 Å². The van der Waals surface area contributed by atoms with Crippen LogP contribution in [0, 0.1) is 0 Å². The lowest BCUT2D eigenvalue weighted by molar-refractivity contribution is 0.171. The average Bonchev–Trinajstić information content (AvgIpc) is 3.51. The summed E-state index contributed by atoms with van der Waals surface area (Å²) < 4.78 is 14.6. The minimum Gasteiger partial charge on any atom is -0.486 e. The highest BCUT2D eigenvalue weighted by molar-refractivity contribution is 7.18. The lowest BCUT2D eigenvalue weighted by atomic mass is 10.1. The van der Waals surface area contributed by atoms with Crippen LogP contribution in [0.5, 0.6) is 11.5 Å². The number of benzene rings is 2. The van der Waals surface area contributed by atoms with Crippen LogP contribution in [0.25, 0.3) is 21.5 Å². The normalized spacial score (nSPS) is 18.7. The fourth-order valence-corrected chi connectivity index (χ4v) is 5.77. The molecule has 0 bridgehead atoms. The van der Waals surface area contributed by atoms with Gasteiger partial charge in [-0.15, -0.1) is 11.3 Å². The number of thiazole rings is 1. The second-order valence-corrected chi connectivity index (χ2v) is 9.25. The van der Waals surface area contributed by atoms with Crippen LogP contribution in [0.1, 0.15) is 29.5 Å². The van der Waals surface area contributed by atoms with Crippen molar-refractivity contribution in [3.05, 3.63) is 59.2 Å². The van der Waals surface area contributed by atoms with Crippen LogP contribution in [0.15, 0.2) is 48.7 Å². The number of fused-ring (bicyclic) bond motifs is 2. The van der Waals surface area contributed by atoms with Crippen molar-refractivity contribution in [3.8, 4) is 22.8 Å². The molecule has 0 aliphatic carbocycles. The average molecular weight is 433 g/mol. The zero-order chi connectivity index (χ0) is 20.8. The number of hydrogen-bond acceptors (Lipinski definition) is 6. The molecule has 158 valence electrons. The van der Waals surface area contributed by atoms with E-state index in [1.807, 2.05) is 29.1 Å². The predicted octanol–water partition coefficient (Wildman–Crippen LogP) is 4.81. The van der Waals surface area contributed by atoms with Crippen molar-refractivity contribution >= 4 is 21.6 Å². The minimum atomic E-state index is 0.366. The first-order valence-electron chi connectivity index (χ1n) is 10.8. The van der Waals surface area contributed by atoms with E-state index in [9.17, 15) is 0 Å². The van der Waals surface area contributed by atoms with Gasteiger partial charge in [0.05, 0.1) is 22.0 Å². The molecular formula is C24H24N4O2S. The van der Waals surface area contributed by atoms with Crippen molar-refractivity contribution in [2.45, 2.75) is 25.4 Å². The Hall–Kier alpha value is -2.90. The molecule has 7 heteroatoms. The molecule has 31 heavy (non-hydrogen) atoms. The van der Waals surface area contributed by atoms with Crippen LogP contribution in [0.2, 0.25) is 0 Å². The molecule has 1 saturated heterocycles. The van der Waals surface area contributed by atoms with Crippen molar-refractivity contribution in [1.29, 1.82) is 0 Å². The Labute approximate surface area is 185 Å². The van der Waals surface area contributed by atoms with Gasteiger partial charge in [-0.1, -0.05) is 12.1 Å². The van der Waals surface area contributed by atoms with Crippen molar-refractivity contribution in [1.82, 2.24) is 19.7 Å². The van der Waals surface area contributed by atoms with E-state index in [2.05, 4.69) is 47.5 Å². The van der Waals surface area contributed by atoms with Gasteiger partial charge in [0, 0.05) is 30.9 Å². The standard InChI is InChI=1S/C24H24N4O2S/c1-27-14-17(23(26-27)16-8-9-20-21(13-16)30-12-11-29-20)15-28-10-4-6-19(28)24-25-18-5-2-3-7-22(18)31-24/h2-3,5,7-9,13-14,19H,4,6,10-12,15H2,1H3/t19-/m0/s1. The Balaban J connectivity index is 1.30. The molecule has 0 spiro atoms. The smallest absolute Gasteiger partial charge is 0.162 e. The van der Waals surface area contributed by atoms with Crippen molar-refractivity contribution in [2.24, 2.45) is 7.05 Å². The zero-order valence-corrected chi connectivity index (χ0v) is 18.3. The van der Waals surface area contributed by atoms with Gasteiger partial charge in [0.25, 0.3) is 0 Å². The first-order valence-corrected chi connectivity index (χ1v) is 11.6. The fraction of sp³-hybridized carbons (Fsp3) is 0.333. The first-order chi connectivity index (χ1) is 15.2. The van der Waals surface area contributed by atoms with Crippen LogP contribution < -0.4 is 9.47 Å². The summed E-state index contributed by atoms with van der Waals surface area (Å²) >= 11 is 1.83. The molecule has 4 aromatic rings. The number of aryl methyl sites for hydroxylation is 1. The van der Waals surface area contributed by atoms with Crippen LogP contribution in [0.3, 0.4) is 0 Å². The van der Waals surface area contributed by atoms with Gasteiger partial charge in [0.2, 0.25) is 0 Å². The summed E-state index contributed by atoms with van der Waals surface area (Å²) in [6.45, 7) is 3.13. The summed E-state index contributed by atoms with van der Waals surface area (Å²) in [6.07, 6.45) is 4.49. The SMILES string of the molecule is Cn1cc(CN2CCC[C@H]2c2nc3ccccc3s2)c(-c2ccc3c(c2)OCCO3)n1. The van der Waals surface area contributed by atoms with E-state index in [0.717, 1.165) is 47.8 Å². The third-order valence-corrected chi connectivity index (χ3v) is 7.19. The highest BCUT2D eigenvalue weighted by Crippen LogP contribution is 2.39. The molecular weight excluding hydrogens is 408 g/mol. The van der Waals surface area contributed by atoms with Crippen LogP contribution in [-0.4, -0.2) is 39.4 Å². The Kier molecular flexibility index (Phi) is 4.65. The Morgan fingerprint density at radius 1 is 1.10 bits per heavy atom. The van der Waals surface area contributed by atoms with Gasteiger partial charge < -0.3 is 9.47 Å². The first kappa shape index (κ1) is 18.8. The lowest BCUT2D eigenvalue weighted by Gasteiger charge is -2.23. The molecule has 1 atom stereocenters. The maximum atomic E-state index is 5.79. The van der Waals surface area contributed by atoms with E-state index in [-0.39, 0.29) is 0 Å². The number of para-hydroxylation sites is 1. The minimum absolute atomic E-state index is 0.366. The largest absolute Gasteiger partial charge is 0.486 e. The second-order valence-electron chi connectivity index (χ2n) is 8.18. The number of likely N-dealkylation sites (tertiary alicyclic amines) is 1. The third-order valence-electron chi connectivity index (χ3n) is 6.05. The van der Waals surface area contributed by atoms with Gasteiger partial charge in [-0.2, -0.15) is 5.10 Å². The van der Waals surface area contributed by atoms with E-state index >= 15 is 0 Å². The Morgan fingerprint density at radius 3 is 2.87 bits per heavy atom.